The molecule has 1 amide bonds. The van der Waals surface area contributed by atoms with Crippen LogP contribution in [-0.2, 0) is 13.0 Å². The van der Waals surface area contributed by atoms with Crippen molar-refractivity contribution in [2.45, 2.75) is 32.7 Å². The molecule has 0 spiro atoms. The zero-order chi connectivity index (χ0) is 16.8. The Hall–Kier alpha value is -2.34. The second kappa shape index (κ2) is 7.97. The van der Waals surface area contributed by atoms with Gasteiger partial charge in [-0.25, -0.2) is 9.97 Å². The molecule has 0 bridgehead atoms. The van der Waals surface area contributed by atoms with E-state index < -0.39 is 0 Å². The number of piperidine rings is 1. The van der Waals surface area contributed by atoms with E-state index in [-0.39, 0.29) is 5.91 Å². The van der Waals surface area contributed by atoms with Gasteiger partial charge >= 0.3 is 0 Å². The first-order valence-corrected chi connectivity index (χ1v) is 8.43. The number of rotatable bonds is 5. The third-order valence-electron chi connectivity index (χ3n) is 4.33. The molecule has 0 saturated carbocycles. The normalized spacial score (nSPS) is 15.2. The average molecular weight is 325 g/mol. The highest BCUT2D eigenvalue weighted by Gasteiger charge is 2.19. The maximum Gasteiger partial charge on any atom is 0.255 e. The first-order chi connectivity index (χ1) is 11.7. The van der Waals surface area contributed by atoms with Crippen LogP contribution in [-0.4, -0.2) is 33.9 Å². The Morgan fingerprint density at radius 3 is 2.88 bits per heavy atom. The number of hydrogen-bond donors (Lipinski definition) is 2. The molecule has 24 heavy (non-hydrogen) atoms. The van der Waals surface area contributed by atoms with Gasteiger partial charge in [-0.2, -0.15) is 0 Å². The van der Waals surface area contributed by atoms with Gasteiger partial charge in [0.2, 0.25) is 0 Å². The third kappa shape index (κ3) is 4.35. The predicted octanol–water partition coefficient (Wildman–Crippen LogP) is 1.65. The van der Waals surface area contributed by atoms with Crippen molar-refractivity contribution < 1.29 is 4.79 Å². The number of pyridine rings is 1. The summed E-state index contributed by atoms with van der Waals surface area (Å²) in [6.45, 7) is 4.34. The summed E-state index contributed by atoms with van der Waals surface area (Å²) in [6.07, 6.45) is 6.44. The summed E-state index contributed by atoms with van der Waals surface area (Å²) in [6, 6.07) is 5.66. The summed E-state index contributed by atoms with van der Waals surface area (Å²) in [5.41, 5.74) is 2.27. The highest BCUT2D eigenvalue weighted by atomic mass is 16.1. The zero-order valence-corrected chi connectivity index (χ0v) is 14.0. The van der Waals surface area contributed by atoms with Crippen LogP contribution in [0.4, 0.5) is 0 Å². The van der Waals surface area contributed by atoms with Gasteiger partial charge in [-0.05, 0) is 57.3 Å². The summed E-state index contributed by atoms with van der Waals surface area (Å²) in [7, 11) is 0. The summed E-state index contributed by atoms with van der Waals surface area (Å²) in [5, 5.41) is 6.29. The third-order valence-corrected chi connectivity index (χ3v) is 4.33. The van der Waals surface area contributed by atoms with Gasteiger partial charge < -0.3 is 10.6 Å². The van der Waals surface area contributed by atoms with Crippen LogP contribution in [0, 0.1) is 12.8 Å². The van der Waals surface area contributed by atoms with Crippen LogP contribution in [0.2, 0.25) is 0 Å². The standard InChI is InChI=1S/C18H23N5O/c1-13-21-12-16(17(23-13)10-14-5-8-19-9-6-14)18(24)22-11-15-4-2-3-7-20-15/h2-4,7,12,14,19H,5-6,8-11H2,1H3,(H,22,24). The summed E-state index contributed by atoms with van der Waals surface area (Å²) in [5.74, 6) is 1.15. The smallest absolute Gasteiger partial charge is 0.255 e. The van der Waals surface area contributed by atoms with Crippen molar-refractivity contribution in [3.05, 3.63) is 53.4 Å². The first kappa shape index (κ1) is 16.5. The second-order valence-electron chi connectivity index (χ2n) is 6.18. The van der Waals surface area contributed by atoms with Crippen molar-refractivity contribution in [1.82, 2.24) is 25.6 Å². The van der Waals surface area contributed by atoms with Crippen LogP contribution in [0.1, 0.15) is 40.4 Å². The molecule has 0 aliphatic carbocycles. The lowest BCUT2D eigenvalue weighted by Gasteiger charge is -2.23. The average Bonchev–Trinajstić information content (AvgIpc) is 2.62. The van der Waals surface area contributed by atoms with Gasteiger partial charge in [0.05, 0.1) is 23.5 Å². The van der Waals surface area contributed by atoms with Crippen molar-refractivity contribution in [1.29, 1.82) is 0 Å². The molecule has 1 saturated heterocycles. The number of nitrogens with zero attached hydrogens (tertiary/aromatic N) is 3. The Kier molecular flexibility index (Phi) is 5.48. The molecule has 6 heteroatoms. The Morgan fingerprint density at radius 1 is 1.29 bits per heavy atom. The summed E-state index contributed by atoms with van der Waals surface area (Å²) < 4.78 is 0. The molecule has 2 aromatic rings. The van der Waals surface area contributed by atoms with Crippen LogP contribution in [0.3, 0.4) is 0 Å². The van der Waals surface area contributed by atoms with Gasteiger partial charge in [-0.1, -0.05) is 6.07 Å². The Balaban J connectivity index is 1.70. The molecule has 3 heterocycles. The minimum atomic E-state index is -0.135. The lowest BCUT2D eigenvalue weighted by molar-refractivity contribution is 0.0948. The van der Waals surface area contributed by atoms with Crippen molar-refractivity contribution in [2.24, 2.45) is 5.92 Å². The lowest BCUT2D eigenvalue weighted by Crippen LogP contribution is -2.30. The number of amides is 1. The van der Waals surface area contributed by atoms with Crippen molar-refractivity contribution in [2.75, 3.05) is 13.1 Å². The summed E-state index contributed by atoms with van der Waals surface area (Å²) in [4.78, 5) is 25.5. The van der Waals surface area contributed by atoms with Gasteiger partial charge in [-0.3, -0.25) is 9.78 Å². The van der Waals surface area contributed by atoms with Gasteiger partial charge in [0.15, 0.2) is 0 Å². The molecule has 126 valence electrons. The summed E-state index contributed by atoms with van der Waals surface area (Å²) >= 11 is 0. The highest BCUT2D eigenvalue weighted by molar-refractivity contribution is 5.94. The lowest BCUT2D eigenvalue weighted by atomic mass is 9.91. The molecule has 1 aliphatic rings. The number of carbonyl (C=O) groups is 1. The Bertz CT molecular complexity index is 683. The van der Waals surface area contributed by atoms with Gasteiger partial charge in [-0.15, -0.1) is 0 Å². The second-order valence-corrected chi connectivity index (χ2v) is 6.18. The molecular weight excluding hydrogens is 302 g/mol. The van der Waals surface area contributed by atoms with Crippen LogP contribution < -0.4 is 10.6 Å². The molecule has 0 atom stereocenters. The zero-order valence-electron chi connectivity index (χ0n) is 14.0. The van der Waals surface area contributed by atoms with E-state index >= 15 is 0 Å². The fraction of sp³-hybridized carbons (Fsp3) is 0.444. The fourth-order valence-corrected chi connectivity index (χ4v) is 2.99. The van der Waals surface area contributed by atoms with Crippen molar-refractivity contribution >= 4 is 5.91 Å². The van der Waals surface area contributed by atoms with E-state index in [1.54, 1.807) is 12.4 Å². The number of hydrogen-bond acceptors (Lipinski definition) is 5. The Morgan fingerprint density at radius 2 is 2.12 bits per heavy atom. The molecule has 1 fully saturated rings. The molecule has 0 radical (unpaired) electrons. The predicted molar refractivity (Wildman–Crippen MR) is 91.5 cm³/mol. The van der Waals surface area contributed by atoms with E-state index in [4.69, 9.17) is 0 Å². The van der Waals surface area contributed by atoms with E-state index in [2.05, 4.69) is 25.6 Å². The first-order valence-electron chi connectivity index (χ1n) is 8.43. The van der Waals surface area contributed by atoms with Gasteiger partial charge in [0.1, 0.15) is 5.82 Å². The van der Waals surface area contributed by atoms with E-state index in [0.29, 0.717) is 23.9 Å². The number of carbonyl (C=O) groups excluding carboxylic acids is 1. The van der Waals surface area contributed by atoms with E-state index in [1.165, 1.54) is 0 Å². The van der Waals surface area contributed by atoms with Gasteiger partial charge in [0, 0.05) is 12.4 Å². The number of aromatic nitrogens is 3. The topological polar surface area (TPSA) is 79.8 Å². The number of aryl methyl sites for hydroxylation is 1. The molecular formula is C18H23N5O. The van der Waals surface area contributed by atoms with Crippen molar-refractivity contribution in [3.8, 4) is 0 Å². The van der Waals surface area contributed by atoms with E-state index in [1.807, 2.05) is 25.1 Å². The van der Waals surface area contributed by atoms with Crippen LogP contribution >= 0.6 is 0 Å². The molecule has 6 nitrogen and oxygen atoms in total. The maximum absolute atomic E-state index is 12.6. The van der Waals surface area contributed by atoms with Crippen LogP contribution in [0.15, 0.2) is 30.6 Å². The minimum Gasteiger partial charge on any atom is -0.346 e. The fourth-order valence-electron chi connectivity index (χ4n) is 2.99. The SMILES string of the molecule is Cc1ncc(C(=O)NCc2ccccn2)c(CC2CCNCC2)n1. The molecule has 0 aromatic carbocycles. The van der Waals surface area contributed by atoms with Crippen LogP contribution in [0.25, 0.3) is 0 Å². The monoisotopic (exact) mass is 325 g/mol. The molecule has 2 N–H and O–H groups in total. The maximum atomic E-state index is 12.6. The van der Waals surface area contributed by atoms with Crippen molar-refractivity contribution in [3.63, 3.8) is 0 Å². The molecule has 1 aliphatic heterocycles. The molecule has 2 aromatic heterocycles. The quantitative estimate of drug-likeness (QED) is 0.874. The minimum absolute atomic E-state index is 0.135. The molecule has 0 unspecified atom stereocenters. The van der Waals surface area contributed by atoms with Gasteiger partial charge in [0.25, 0.3) is 5.91 Å². The Labute approximate surface area is 142 Å². The molecule has 3 rings (SSSR count). The van der Waals surface area contributed by atoms with Crippen LogP contribution in [0.5, 0.6) is 0 Å². The largest absolute Gasteiger partial charge is 0.346 e. The highest BCUT2D eigenvalue weighted by Crippen LogP contribution is 2.19. The van der Waals surface area contributed by atoms with E-state index in [0.717, 1.165) is 43.7 Å². The number of nitrogens with one attached hydrogen (secondary N) is 2. The van der Waals surface area contributed by atoms with E-state index in [9.17, 15) is 4.79 Å².